The minimum Gasteiger partial charge on any atom is -0.307 e. The summed E-state index contributed by atoms with van der Waals surface area (Å²) in [5.74, 6) is 0.506. The molecular weight excluding hydrogens is 250 g/mol. The van der Waals surface area contributed by atoms with Crippen molar-refractivity contribution in [2.75, 3.05) is 5.32 Å². The van der Waals surface area contributed by atoms with Crippen molar-refractivity contribution in [3.8, 4) is 0 Å². The molecule has 20 heavy (non-hydrogen) atoms. The number of aromatic amines is 1. The van der Waals surface area contributed by atoms with Gasteiger partial charge in [0.2, 0.25) is 5.91 Å². The van der Waals surface area contributed by atoms with E-state index in [4.69, 9.17) is 0 Å². The molecular formula is C16H19N3O. The molecule has 4 nitrogen and oxygen atoms in total. The number of anilines is 1. The molecule has 0 spiro atoms. The number of aryl methyl sites for hydroxylation is 2. The Balaban J connectivity index is 1.98. The normalized spacial score (nSPS) is 10.9. The maximum absolute atomic E-state index is 11.8. The summed E-state index contributed by atoms with van der Waals surface area (Å²) in [6, 6.07) is 8.16. The van der Waals surface area contributed by atoms with E-state index in [2.05, 4.69) is 34.6 Å². The maximum Gasteiger partial charge on any atom is 0.249 e. The van der Waals surface area contributed by atoms with E-state index in [-0.39, 0.29) is 5.91 Å². The highest BCUT2D eigenvalue weighted by atomic mass is 16.1. The first-order valence-corrected chi connectivity index (χ1v) is 6.83. The van der Waals surface area contributed by atoms with Gasteiger partial charge in [0.15, 0.2) is 0 Å². The number of hydrogen-bond donors (Lipinski definition) is 2. The van der Waals surface area contributed by atoms with E-state index in [1.165, 1.54) is 11.6 Å². The Morgan fingerprint density at radius 2 is 2.00 bits per heavy atom. The number of rotatable bonds is 5. The van der Waals surface area contributed by atoms with Crippen LogP contribution in [0.2, 0.25) is 0 Å². The number of hydrogen-bond acceptors (Lipinski definition) is 2. The van der Waals surface area contributed by atoms with Crippen LogP contribution in [0, 0.1) is 0 Å². The summed E-state index contributed by atoms with van der Waals surface area (Å²) in [4.78, 5) is 11.8. The van der Waals surface area contributed by atoms with Crippen LogP contribution in [0.4, 0.5) is 5.82 Å². The summed E-state index contributed by atoms with van der Waals surface area (Å²) in [7, 11) is 0. The lowest BCUT2D eigenvalue weighted by Crippen LogP contribution is -2.09. The topological polar surface area (TPSA) is 57.8 Å². The van der Waals surface area contributed by atoms with Crippen molar-refractivity contribution in [1.29, 1.82) is 0 Å². The minimum atomic E-state index is -0.163. The van der Waals surface area contributed by atoms with Gasteiger partial charge < -0.3 is 5.32 Å². The van der Waals surface area contributed by atoms with Gasteiger partial charge >= 0.3 is 0 Å². The van der Waals surface area contributed by atoms with Gasteiger partial charge in [-0.25, -0.2) is 0 Å². The van der Waals surface area contributed by atoms with Crippen LogP contribution in [0.5, 0.6) is 0 Å². The Kier molecular flexibility index (Phi) is 4.71. The zero-order valence-corrected chi connectivity index (χ0v) is 11.8. The highest BCUT2D eigenvalue weighted by Gasteiger charge is 2.04. The lowest BCUT2D eigenvalue weighted by molar-refractivity contribution is -0.111. The third-order valence-corrected chi connectivity index (χ3v) is 3.16. The van der Waals surface area contributed by atoms with Crippen molar-refractivity contribution in [3.63, 3.8) is 0 Å². The maximum atomic E-state index is 11.8. The second-order valence-electron chi connectivity index (χ2n) is 4.54. The first-order valence-electron chi connectivity index (χ1n) is 6.83. The van der Waals surface area contributed by atoms with Crippen LogP contribution in [-0.2, 0) is 17.6 Å². The largest absolute Gasteiger partial charge is 0.307 e. The average molecular weight is 269 g/mol. The van der Waals surface area contributed by atoms with E-state index in [0.29, 0.717) is 5.82 Å². The van der Waals surface area contributed by atoms with Crippen molar-refractivity contribution in [2.24, 2.45) is 0 Å². The molecule has 1 heterocycles. The fourth-order valence-corrected chi connectivity index (χ4v) is 1.89. The molecule has 0 aliphatic heterocycles. The number of nitrogens with one attached hydrogen (secondary N) is 2. The first-order chi connectivity index (χ1) is 9.72. The molecule has 0 bridgehead atoms. The molecule has 0 fully saturated rings. The Hall–Kier alpha value is -2.36. The molecule has 0 unspecified atom stereocenters. The summed E-state index contributed by atoms with van der Waals surface area (Å²) in [5, 5.41) is 9.50. The zero-order valence-electron chi connectivity index (χ0n) is 11.8. The van der Waals surface area contributed by atoms with E-state index in [1.54, 1.807) is 12.3 Å². The highest BCUT2D eigenvalue weighted by Crippen LogP contribution is 2.11. The van der Waals surface area contributed by atoms with Crippen LogP contribution < -0.4 is 5.32 Å². The lowest BCUT2D eigenvalue weighted by Gasteiger charge is -2.01. The smallest absolute Gasteiger partial charge is 0.249 e. The standard InChI is InChI=1S/C16H19N3O/c1-3-12-5-7-13(8-6-12)9-10-15(20)18-16-14(4-2)11-17-19-16/h5-11H,3-4H2,1-2H3,(H2,17,18,19,20)/b10-9+. The molecule has 104 valence electrons. The molecule has 1 amide bonds. The molecule has 0 aliphatic rings. The fourth-order valence-electron chi connectivity index (χ4n) is 1.89. The van der Waals surface area contributed by atoms with E-state index in [9.17, 15) is 4.79 Å². The SMILES string of the molecule is CCc1ccc(/C=C/C(=O)Nc2[nH]ncc2CC)cc1. The zero-order chi connectivity index (χ0) is 14.4. The summed E-state index contributed by atoms with van der Waals surface area (Å²) >= 11 is 0. The van der Waals surface area contributed by atoms with Gasteiger partial charge in [0.25, 0.3) is 0 Å². The third-order valence-electron chi connectivity index (χ3n) is 3.16. The molecule has 2 aromatic rings. The lowest BCUT2D eigenvalue weighted by atomic mass is 10.1. The van der Waals surface area contributed by atoms with Crippen LogP contribution >= 0.6 is 0 Å². The van der Waals surface area contributed by atoms with Crippen LogP contribution in [-0.4, -0.2) is 16.1 Å². The van der Waals surface area contributed by atoms with Gasteiger partial charge in [-0.15, -0.1) is 0 Å². The molecule has 4 heteroatoms. The van der Waals surface area contributed by atoms with Crippen LogP contribution in [0.1, 0.15) is 30.5 Å². The summed E-state index contributed by atoms with van der Waals surface area (Å²) in [6.07, 6.45) is 6.90. The van der Waals surface area contributed by atoms with Gasteiger partial charge in [0.05, 0.1) is 6.20 Å². The van der Waals surface area contributed by atoms with Gasteiger partial charge in [0.1, 0.15) is 5.82 Å². The van der Waals surface area contributed by atoms with E-state index < -0.39 is 0 Å². The number of carbonyl (C=O) groups excluding carboxylic acids is 1. The fraction of sp³-hybridized carbons (Fsp3) is 0.250. The average Bonchev–Trinajstić information content (AvgIpc) is 2.92. The Morgan fingerprint density at radius 3 is 2.65 bits per heavy atom. The van der Waals surface area contributed by atoms with Gasteiger partial charge in [-0.05, 0) is 30.0 Å². The number of benzene rings is 1. The highest BCUT2D eigenvalue weighted by molar-refractivity contribution is 6.01. The van der Waals surface area contributed by atoms with Crippen molar-refractivity contribution >= 4 is 17.8 Å². The molecule has 0 atom stereocenters. The Morgan fingerprint density at radius 1 is 1.25 bits per heavy atom. The molecule has 0 radical (unpaired) electrons. The molecule has 2 N–H and O–H groups in total. The van der Waals surface area contributed by atoms with E-state index in [1.807, 2.05) is 19.1 Å². The van der Waals surface area contributed by atoms with E-state index >= 15 is 0 Å². The van der Waals surface area contributed by atoms with Crippen molar-refractivity contribution in [3.05, 3.63) is 53.2 Å². The molecule has 1 aromatic heterocycles. The van der Waals surface area contributed by atoms with Crippen LogP contribution in [0.25, 0.3) is 6.08 Å². The number of nitrogens with zero attached hydrogens (tertiary/aromatic N) is 1. The monoisotopic (exact) mass is 269 g/mol. The minimum absolute atomic E-state index is 0.163. The number of H-pyrrole nitrogens is 1. The molecule has 2 rings (SSSR count). The first kappa shape index (κ1) is 14.1. The van der Waals surface area contributed by atoms with Gasteiger partial charge in [-0.3, -0.25) is 9.89 Å². The van der Waals surface area contributed by atoms with Crippen molar-refractivity contribution in [1.82, 2.24) is 10.2 Å². The second-order valence-corrected chi connectivity index (χ2v) is 4.54. The van der Waals surface area contributed by atoms with Crippen LogP contribution in [0.15, 0.2) is 36.5 Å². The second kappa shape index (κ2) is 6.70. The van der Waals surface area contributed by atoms with Gasteiger partial charge in [-0.2, -0.15) is 5.10 Å². The number of carbonyl (C=O) groups is 1. The van der Waals surface area contributed by atoms with Crippen molar-refractivity contribution < 1.29 is 4.79 Å². The van der Waals surface area contributed by atoms with Gasteiger partial charge in [-0.1, -0.05) is 38.1 Å². The number of amides is 1. The molecule has 0 aliphatic carbocycles. The Labute approximate surface area is 118 Å². The molecule has 0 saturated carbocycles. The molecule has 1 aromatic carbocycles. The molecule has 0 saturated heterocycles. The summed E-state index contributed by atoms with van der Waals surface area (Å²) in [6.45, 7) is 4.14. The third kappa shape index (κ3) is 3.57. The van der Waals surface area contributed by atoms with E-state index in [0.717, 1.165) is 24.0 Å². The quantitative estimate of drug-likeness (QED) is 0.819. The van der Waals surface area contributed by atoms with Crippen LogP contribution in [0.3, 0.4) is 0 Å². The van der Waals surface area contributed by atoms with Gasteiger partial charge in [0, 0.05) is 11.6 Å². The predicted molar refractivity (Wildman–Crippen MR) is 81.4 cm³/mol. The summed E-state index contributed by atoms with van der Waals surface area (Å²) < 4.78 is 0. The predicted octanol–water partition coefficient (Wildman–Crippen LogP) is 3.19. The number of aromatic nitrogens is 2. The van der Waals surface area contributed by atoms with Crippen molar-refractivity contribution in [2.45, 2.75) is 26.7 Å². The summed E-state index contributed by atoms with van der Waals surface area (Å²) in [5.41, 5.74) is 3.30. The Bertz CT molecular complexity index is 596.